The molecule has 0 fully saturated rings. The lowest BCUT2D eigenvalue weighted by molar-refractivity contribution is 0.0447. The summed E-state index contributed by atoms with van der Waals surface area (Å²) in [6.07, 6.45) is -24.6. The molecular weight excluding hydrogens is 360 g/mol. The van der Waals surface area contributed by atoms with E-state index in [4.69, 9.17) is 32.8 Å². The van der Waals surface area contributed by atoms with Crippen LogP contribution in [0.2, 0.25) is 0 Å². The molecule has 1 unspecified atom stereocenters. The van der Waals surface area contributed by atoms with E-state index in [1.165, 1.54) is 24.3 Å². The Morgan fingerprint density at radius 2 is 1.59 bits per heavy atom. The van der Waals surface area contributed by atoms with E-state index in [1.807, 2.05) is 13.8 Å². The Bertz CT molecular complexity index is 1350. The molecule has 0 radical (unpaired) electrons. The molecule has 2 aromatic carbocycles. The van der Waals surface area contributed by atoms with Gasteiger partial charge < -0.3 is 9.47 Å². The first kappa shape index (κ1) is 8.83. The van der Waals surface area contributed by atoms with Gasteiger partial charge in [0.2, 0.25) is 0 Å². The molecule has 0 aliphatic rings. The van der Waals surface area contributed by atoms with Crippen LogP contribution >= 0.6 is 0 Å². The van der Waals surface area contributed by atoms with Crippen LogP contribution in [0.15, 0.2) is 48.5 Å². The van der Waals surface area contributed by atoms with Crippen LogP contribution < -0.4 is 4.74 Å². The van der Waals surface area contributed by atoms with Crippen molar-refractivity contribution in [2.75, 3.05) is 13.2 Å². The number of benzene rings is 2. The predicted octanol–water partition coefficient (Wildman–Crippen LogP) is 7.30. The maximum absolute atomic E-state index is 12.3. The first-order valence-electron chi connectivity index (χ1n) is 17.6. The standard InChI is InChI=1S/C26H36O3/c1-4-6-7-8-9-10-19-28-25-17-15-23(16-18-25)22-11-13-24(14-12-22)26(27)29-20-21(3)5-2/h11-18,21H,4-10,19-20H2,1-3H3/i1D3,4D2,6D2,7D2,8D2,9D2,10D2,19D2. The number of ether oxygens (including phenoxy) is 2. The largest absolute Gasteiger partial charge is 0.494 e. The van der Waals surface area contributed by atoms with E-state index in [0.29, 0.717) is 16.7 Å². The average molecular weight is 414 g/mol. The number of carbonyl (C=O) groups is 1. The van der Waals surface area contributed by atoms with Crippen LogP contribution in [0.4, 0.5) is 0 Å². The summed E-state index contributed by atoms with van der Waals surface area (Å²) in [6.45, 7) is -3.37. The van der Waals surface area contributed by atoms with Gasteiger partial charge in [0.15, 0.2) is 0 Å². The van der Waals surface area contributed by atoms with Crippen LogP contribution in [0.3, 0.4) is 0 Å². The van der Waals surface area contributed by atoms with Crippen molar-refractivity contribution in [3.05, 3.63) is 54.1 Å². The van der Waals surface area contributed by atoms with Crippen molar-refractivity contribution in [2.24, 2.45) is 5.92 Å². The first-order chi connectivity index (χ1) is 20.5. The summed E-state index contributed by atoms with van der Waals surface area (Å²) in [5.74, 6) is -0.630. The van der Waals surface area contributed by atoms with Crippen LogP contribution in [0, 0.1) is 5.92 Å². The molecule has 0 amide bonds. The quantitative estimate of drug-likeness (QED) is 0.323. The summed E-state index contributed by atoms with van der Waals surface area (Å²) < 4.78 is 145. The zero-order chi connectivity index (χ0) is 35.9. The van der Waals surface area contributed by atoms with Crippen LogP contribution in [-0.2, 0) is 4.74 Å². The van der Waals surface area contributed by atoms with E-state index in [0.717, 1.165) is 6.42 Å². The highest BCUT2D eigenvalue weighted by molar-refractivity contribution is 5.90. The molecule has 2 aromatic rings. The molecule has 0 aromatic heterocycles. The van der Waals surface area contributed by atoms with E-state index >= 15 is 0 Å². The van der Waals surface area contributed by atoms with Gasteiger partial charge in [0, 0.05) is 20.6 Å². The predicted molar refractivity (Wildman–Crippen MR) is 120 cm³/mol. The molecular formula is C26H36O3. The van der Waals surface area contributed by atoms with Gasteiger partial charge in [-0.2, -0.15) is 0 Å². The fraction of sp³-hybridized carbons (Fsp3) is 0.500. The van der Waals surface area contributed by atoms with Gasteiger partial charge in [-0.3, -0.25) is 0 Å². The number of carbonyl (C=O) groups excluding carboxylic acids is 1. The first-order valence-corrected chi connectivity index (χ1v) is 9.10. The highest BCUT2D eigenvalue weighted by Crippen LogP contribution is 2.23. The van der Waals surface area contributed by atoms with E-state index in [1.54, 1.807) is 24.3 Å². The fourth-order valence-electron chi connectivity index (χ4n) is 2.17. The van der Waals surface area contributed by atoms with E-state index in [9.17, 15) is 4.79 Å². The third-order valence-corrected chi connectivity index (χ3v) is 4.04. The smallest absolute Gasteiger partial charge is 0.338 e. The molecule has 0 N–H and O–H groups in total. The minimum Gasteiger partial charge on any atom is -0.494 e. The van der Waals surface area contributed by atoms with E-state index in [-0.39, 0.29) is 18.3 Å². The number of hydrogen-bond donors (Lipinski definition) is 0. The summed E-state index contributed by atoms with van der Waals surface area (Å²) in [7, 11) is 0. The zero-order valence-electron chi connectivity index (χ0n) is 33.3. The van der Waals surface area contributed by atoms with Gasteiger partial charge >= 0.3 is 5.97 Å². The highest BCUT2D eigenvalue weighted by Gasteiger charge is 2.09. The van der Waals surface area contributed by atoms with Crippen LogP contribution in [0.5, 0.6) is 5.75 Å². The summed E-state index contributed by atoms with van der Waals surface area (Å²) in [5.41, 5.74) is 1.51. The lowest BCUT2D eigenvalue weighted by atomic mass is 10.0. The molecule has 2 rings (SSSR count). The third-order valence-electron chi connectivity index (χ3n) is 4.04. The Hall–Kier alpha value is -2.29. The minimum atomic E-state index is -4.38. The molecule has 0 saturated heterocycles. The Morgan fingerprint density at radius 1 is 0.966 bits per heavy atom. The van der Waals surface area contributed by atoms with Crippen molar-refractivity contribution >= 4 is 5.97 Å². The summed E-state index contributed by atoms with van der Waals surface area (Å²) in [4.78, 5) is 12.3. The van der Waals surface area contributed by atoms with Gasteiger partial charge in [0.1, 0.15) is 5.75 Å². The monoisotopic (exact) mass is 413 g/mol. The summed E-state index contributed by atoms with van der Waals surface area (Å²) in [5, 5.41) is 0. The molecule has 0 saturated carbocycles. The normalized spacial score (nSPS) is 24.4. The third kappa shape index (κ3) is 8.31. The lowest BCUT2D eigenvalue weighted by Gasteiger charge is -2.10. The molecule has 158 valence electrons. The summed E-state index contributed by atoms with van der Waals surface area (Å²) in [6, 6.07) is 11.6. The Morgan fingerprint density at radius 3 is 2.24 bits per heavy atom. The molecule has 1 atom stereocenters. The molecule has 29 heavy (non-hydrogen) atoms. The van der Waals surface area contributed by atoms with Crippen molar-refractivity contribution in [3.8, 4) is 16.9 Å². The molecule has 0 heterocycles. The molecule has 0 spiro atoms. The lowest BCUT2D eigenvalue weighted by Crippen LogP contribution is -2.11. The average Bonchev–Trinajstić information content (AvgIpc) is 2.94. The molecule has 0 bridgehead atoms. The fourth-order valence-corrected chi connectivity index (χ4v) is 2.17. The Balaban J connectivity index is 2.33. The van der Waals surface area contributed by atoms with Crippen molar-refractivity contribution < 1.29 is 37.6 Å². The molecule has 0 aliphatic carbocycles. The number of esters is 1. The molecule has 0 aliphatic heterocycles. The maximum Gasteiger partial charge on any atom is 0.338 e. The molecule has 3 heteroatoms. The van der Waals surface area contributed by atoms with Gasteiger partial charge in [-0.1, -0.05) is 83.3 Å². The van der Waals surface area contributed by atoms with Gasteiger partial charge in [0.05, 0.1) is 21.5 Å². The highest BCUT2D eigenvalue weighted by atomic mass is 16.5. The van der Waals surface area contributed by atoms with E-state index < -0.39 is 57.6 Å². The van der Waals surface area contributed by atoms with Crippen molar-refractivity contribution in [1.82, 2.24) is 0 Å². The van der Waals surface area contributed by atoms with Crippen molar-refractivity contribution in [2.45, 2.75) is 65.4 Å². The maximum atomic E-state index is 12.3. The van der Waals surface area contributed by atoms with Crippen LogP contribution in [0.1, 0.15) is 99.0 Å². The van der Waals surface area contributed by atoms with Crippen molar-refractivity contribution in [1.29, 1.82) is 0 Å². The second-order valence-electron chi connectivity index (χ2n) is 6.17. The van der Waals surface area contributed by atoms with E-state index in [2.05, 4.69) is 0 Å². The second kappa shape index (κ2) is 13.0. The van der Waals surface area contributed by atoms with Crippen LogP contribution in [-0.4, -0.2) is 19.1 Å². The van der Waals surface area contributed by atoms with Crippen LogP contribution in [0.25, 0.3) is 11.1 Å². The van der Waals surface area contributed by atoms with Gasteiger partial charge in [-0.15, -0.1) is 0 Å². The van der Waals surface area contributed by atoms with Gasteiger partial charge in [-0.05, 0) is 47.7 Å². The number of rotatable bonds is 13. The SMILES string of the molecule is [2H]C([2H])([2H])C([2H])([2H])C([2H])([2H])C([2H])([2H])C([2H])([2H])C([2H])([2H])C([2H])([2H])C([2H])([2H])Oc1ccc(-c2ccc(C(=O)OCC(C)CC)cc2)cc1. The number of hydrogen-bond acceptors (Lipinski definition) is 3. The van der Waals surface area contributed by atoms with Gasteiger partial charge in [0.25, 0.3) is 0 Å². The topological polar surface area (TPSA) is 35.5 Å². The Labute approximate surface area is 200 Å². The van der Waals surface area contributed by atoms with Crippen molar-refractivity contribution in [3.63, 3.8) is 0 Å². The summed E-state index contributed by atoms with van der Waals surface area (Å²) >= 11 is 0. The Kier molecular flexibility index (Phi) is 3.97. The molecule has 3 nitrogen and oxygen atoms in total. The van der Waals surface area contributed by atoms with Gasteiger partial charge in [-0.25, -0.2) is 4.79 Å². The second-order valence-corrected chi connectivity index (χ2v) is 6.17. The zero-order valence-corrected chi connectivity index (χ0v) is 16.3. The minimum absolute atomic E-state index is 0.210.